The van der Waals surface area contributed by atoms with Gasteiger partial charge in [0.25, 0.3) is 6.43 Å². The molecule has 12 heavy (non-hydrogen) atoms. The molecule has 0 nitrogen and oxygen atoms in total. The lowest BCUT2D eigenvalue weighted by Crippen LogP contribution is -1.95. The van der Waals surface area contributed by atoms with Gasteiger partial charge in [0.15, 0.2) is 0 Å². The van der Waals surface area contributed by atoms with Gasteiger partial charge in [0.1, 0.15) is 5.82 Å². The average Bonchev–Trinajstić information content (AvgIpc) is 2.00. The van der Waals surface area contributed by atoms with Gasteiger partial charge in [0.2, 0.25) is 0 Å². The zero-order valence-corrected chi connectivity index (χ0v) is 6.87. The Morgan fingerprint density at radius 3 is 2.25 bits per heavy atom. The molecule has 0 amide bonds. The molecule has 0 atom stereocenters. The van der Waals surface area contributed by atoms with Gasteiger partial charge in [-0.1, -0.05) is 12.1 Å². The zero-order valence-electron chi connectivity index (χ0n) is 6.87. The summed E-state index contributed by atoms with van der Waals surface area (Å²) >= 11 is 0. The number of rotatable bonds is 1. The summed E-state index contributed by atoms with van der Waals surface area (Å²) in [5, 5.41) is 0. The van der Waals surface area contributed by atoms with E-state index >= 15 is 0 Å². The Labute approximate surface area is 69.0 Å². The Balaban J connectivity index is 3.27. The van der Waals surface area contributed by atoms with Crippen LogP contribution in [0.1, 0.15) is 23.1 Å². The van der Waals surface area contributed by atoms with Crippen LogP contribution in [0.3, 0.4) is 0 Å². The van der Waals surface area contributed by atoms with Crippen LogP contribution < -0.4 is 0 Å². The monoisotopic (exact) mass is 174 g/mol. The molecule has 0 aliphatic heterocycles. The normalized spacial score (nSPS) is 10.8. The molecule has 1 rings (SSSR count). The van der Waals surface area contributed by atoms with E-state index in [1.54, 1.807) is 6.92 Å². The van der Waals surface area contributed by atoms with E-state index in [1.165, 1.54) is 13.0 Å². The third kappa shape index (κ3) is 1.44. The fraction of sp³-hybridized carbons (Fsp3) is 0.333. The van der Waals surface area contributed by atoms with E-state index in [0.717, 1.165) is 6.07 Å². The number of alkyl halides is 2. The van der Waals surface area contributed by atoms with Gasteiger partial charge in [0.05, 0.1) is 5.56 Å². The molecule has 0 heterocycles. The topological polar surface area (TPSA) is 0 Å². The fourth-order valence-electron chi connectivity index (χ4n) is 0.971. The summed E-state index contributed by atoms with van der Waals surface area (Å²) in [4.78, 5) is 0. The summed E-state index contributed by atoms with van der Waals surface area (Å²) in [6.07, 6.45) is -2.73. The number of aryl methyl sites for hydroxylation is 1. The van der Waals surface area contributed by atoms with Crippen molar-refractivity contribution in [2.75, 3.05) is 0 Å². The maximum absolute atomic E-state index is 13.0. The zero-order chi connectivity index (χ0) is 9.30. The van der Waals surface area contributed by atoms with Gasteiger partial charge in [0, 0.05) is 0 Å². The highest BCUT2D eigenvalue weighted by Crippen LogP contribution is 2.25. The third-order valence-corrected chi connectivity index (χ3v) is 1.92. The Morgan fingerprint density at radius 2 is 1.75 bits per heavy atom. The molecule has 0 aromatic heterocycles. The highest BCUT2D eigenvalue weighted by Gasteiger charge is 2.15. The van der Waals surface area contributed by atoms with Crippen LogP contribution in [-0.4, -0.2) is 0 Å². The second-order valence-electron chi connectivity index (χ2n) is 2.71. The summed E-state index contributed by atoms with van der Waals surface area (Å²) in [6.45, 7) is 3.18. The summed E-state index contributed by atoms with van der Waals surface area (Å²) in [7, 11) is 0. The van der Waals surface area contributed by atoms with Crippen molar-refractivity contribution in [2.24, 2.45) is 0 Å². The number of benzene rings is 1. The van der Waals surface area contributed by atoms with Crippen LogP contribution in [0.15, 0.2) is 12.1 Å². The van der Waals surface area contributed by atoms with Crippen molar-refractivity contribution >= 4 is 0 Å². The lowest BCUT2D eigenvalue weighted by atomic mass is 10.1. The number of halogens is 3. The molecule has 66 valence electrons. The molecular weight excluding hydrogens is 165 g/mol. The minimum Gasteiger partial charge on any atom is -0.206 e. The van der Waals surface area contributed by atoms with Crippen LogP contribution >= 0.6 is 0 Å². The van der Waals surface area contributed by atoms with Crippen molar-refractivity contribution < 1.29 is 13.2 Å². The molecule has 3 heteroatoms. The maximum atomic E-state index is 13.0. The molecule has 0 spiro atoms. The predicted molar refractivity (Wildman–Crippen MR) is 40.8 cm³/mol. The van der Waals surface area contributed by atoms with Gasteiger partial charge in [-0.3, -0.25) is 0 Å². The van der Waals surface area contributed by atoms with E-state index in [9.17, 15) is 13.2 Å². The van der Waals surface area contributed by atoms with Crippen LogP contribution in [0.5, 0.6) is 0 Å². The van der Waals surface area contributed by atoms with Gasteiger partial charge in [-0.15, -0.1) is 0 Å². The minimum absolute atomic E-state index is 0.299. The third-order valence-electron chi connectivity index (χ3n) is 1.92. The molecule has 0 saturated heterocycles. The molecule has 0 fully saturated rings. The second kappa shape index (κ2) is 3.17. The van der Waals surface area contributed by atoms with Gasteiger partial charge >= 0.3 is 0 Å². The van der Waals surface area contributed by atoms with E-state index in [-0.39, 0.29) is 0 Å². The Kier molecular flexibility index (Phi) is 2.40. The Bertz CT molecular complexity index is 292. The molecule has 1 aromatic rings. The van der Waals surface area contributed by atoms with Crippen molar-refractivity contribution in [3.8, 4) is 0 Å². The van der Waals surface area contributed by atoms with Crippen molar-refractivity contribution in [3.63, 3.8) is 0 Å². The van der Waals surface area contributed by atoms with Gasteiger partial charge in [-0.05, 0) is 25.0 Å². The first-order chi connectivity index (χ1) is 5.54. The van der Waals surface area contributed by atoms with E-state index in [4.69, 9.17) is 0 Å². The summed E-state index contributed by atoms with van der Waals surface area (Å²) < 4.78 is 37.2. The first-order valence-electron chi connectivity index (χ1n) is 3.57. The van der Waals surface area contributed by atoms with Crippen molar-refractivity contribution in [1.82, 2.24) is 0 Å². The Morgan fingerprint density at radius 1 is 1.17 bits per heavy atom. The molecular formula is C9H9F3. The SMILES string of the molecule is Cc1ccc(C(F)F)c(F)c1C. The van der Waals surface area contributed by atoms with E-state index in [1.807, 2.05) is 0 Å². The van der Waals surface area contributed by atoms with Crippen LogP contribution in [-0.2, 0) is 0 Å². The second-order valence-corrected chi connectivity index (χ2v) is 2.71. The van der Waals surface area contributed by atoms with Gasteiger partial charge < -0.3 is 0 Å². The molecule has 0 saturated carbocycles. The standard InChI is InChI=1S/C9H9F3/c1-5-3-4-7(9(11)12)8(10)6(5)2/h3-4,9H,1-2H3. The summed E-state index contributed by atoms with van der Waals surface area (Å²) in [5.41, 5.74) is 0.475. The predicted octanol–water partition coefficient (Wildman–Crippen LogP) is 3.38. The first-order valence-corrected chi connectivity index (χ1v) is 3.57. The van der Waals surface area contributed by atoms with Crippen molar-refractivity contribution in [2.45, 2.75) is 20.3 Å². The van der Waals surface area contributed by atoms with Gasteiger partial charge in [-0.25, -0.2) is 13.2 Å². The van der Waals surface area contributed by atoms with Crippen molar-refractivity contribution in [1.29, 1.82) is 0 Å². The minimum atomic E-state index is -2.73. The molecule has 0 N–H and O–H groups in total. The lowest BCUT2D eigenvalue weighted by molar-refractivity contribution is 0.146. The summed E-state index contributed by atoms with van der Waals surface area (Å²) in [6, 6.07) is 2.63. The largest absolute Gasteiger partial charge is 0.266 e. The van der Waals surface area contributed by atoms with Crippen LogP contribution in [0.4, 0.5) is 13.2 Å². The lowest BCUT2D eigenvalue weighted by Gasteiger charge is -2.06. The quantitative estimate of drug-likeness (QED) is 0.612. The number of hydrogen-bond acceptors (Lipinski definition) is 0. The first kappa shape index (κ1) is 9.10. The highest BCUT2D eigenvalue weighted by atomic mass is 19.3. The molecule has 0 radical (unpaired) electrons. The van der Waals surface area contributed by atoms with Crippen LogP contribution in [0.2, 0.25) is 0 Å². The highest BCUT2D eigenvalue weighted by molar-refractivity contribution is 5.32. The molecule has 0 bridgehead atoms. The molecule has 1 aromatic carbocycles. The van der Waals surface area contributed by atoms with E-state index in [2.05, 4.69) is 0 Å². The molecule has 0 aliphatic carbocycles. The van der Waals surface area contributed by atoms with Gasteiger partial charge in [-0.2, -0.15) is 0 Å². The smallest absolute Gasteiger partial charge is 0.206 e. The van der Waals surface area contributed by atoms with E-state index < -0.39 is 17.8 Å². The van der Waals surface area contributed by atoms with Crippen LogP contribution in [0, 0.1) is 19.7 Å². The average molecular weight is 174 g/mol. The maximum Gasteiger partial charge on any atom is 0.266 e. The molecule has 0 unspecified atom stereocenters. The molecule has 0 aliphatic rings. The van der Waals surface area contributed by atoms with Crippen LogP contribution in [0.25, 0.3) is 0 Å². The summed E-state index contributed by atoms with van der Waals surface area (Å²) in [5.74, 6) is -0.787. The number of hydrogen-bond donors (Lipinski definition) is 0. The Hall–Kier alpha value is -0.990. The fourth-order valence-corrected chi connectivity index (χ4v) is 0.971. The van der Waals surface area contributed by atoms with E-state index in [0.29, 0.717) is 11.1 Å². The van der Waals surface area contributed by atoms with Crippen molar-refractivity contribution in [3.05, 3.63) is 34.6 Å².